The van der Waals surface area contributed by atoms with Crippen LogP contribution in [0.1, 0.15) is 27.2 Å². The third kappa shape index (κ3) is 3.54. The van der Waals surface area contributed by atoms with E-state index in [4.69, 9.17) is 9.84 Å². The number of halogens is 2. The third-order valence-corrected chi connectivity index (χ3v) is 2.60. The predicted octanol–water partition coefficient (Wildman–Crippen LogP) is 1.96. The summed E-state index contributed by atoms with van der Waals surface area (Å²) in [5, 5.41) is 8.94. The number of hydrogen-bond acceptors (Lipinski definition) is 3. The number of nitrogens with zero attached hydrogens (tertiary/aromatic N) is 1. The second-order valence-electron chi connectivity index (χ2n) is 5.32. The highest BCUT2D eigenvalue weighted by atomic mass is 19.3. The molecule has 1 rings (SSSR count). The van der Waals surface area contributed by atoms with Crippen LogP contribution in [0.4, 0.5) is 13.6 Å². The molecule has 1 amide bonds. The molecule has 1 fully saturated rings. The zero-order valence-electron chi connectivity index (χ0n) is 10.5. The van der Waals surface area contributed by atoms with Gasteiger partial charge in [0, 0.05) is 12.5 Å². The minimum atomic E-state index is -2.64. The first kappa shape index (κ1) is 14.7. The molecule has 1 saturated heterocycles. The molecule has 0 aromatic rings. The van der Waals surface area contributed by atoms with E-state index in [0.717, 1.165) is 4.90 Å². The lowest BCUT2D eigenvalue weighted by molar-refractivity contribution is -0.142. The Morgan fingerprint density at radius 2 is 1.94 bits per heavy atom. The highest BCUT2D eigenvalue weighted by Gasteiger charge is 2.44. The smallest absolute Gasteiger partial charge is 0.411 e. The minimum Gasteiger partial charge on any atom is -0.480 e. The first-order valence-corrected chi connectivity index (χ1v) is 5.62. The van der Waals surface area contributed by atoms with Gasteiger partial charge in [-0.25, -0.2) is 18.4 Å². The molecule has 0 spiro atoms. The fourth-order valence-electron chi connectivity index (χ4n) is 1.81. The van der Waals surface area contributed by atoms with E-state index < -0.39 is 36.0 Å². The quantitative estimate of drug-likeness (QED) is 0.828. The molecule has 1 aliphatic heterocycles. The van der Waals surface area contributed by atoms with Crippen molar-refractivity contribution in [3.63, 3.8) is 0 Å². The third-order valence-electron chi connectivity index (χ3n) is 2.60. The van der Waals surface area contributed by atoms with Gasteiger partial charge in [-0.2, -0.15) is 0 Å². The number of hydrogen-bond donors (Lipinski definition) is 1. The Balaban J connectivity index is 2.78. The Bertz CT molecular complexity index is 340. The van der Waals surface area contributed by atoms with Gasteiger partial charge in [-0.05, 0) is 27.2 Å². The zero-order valence-corrected chi connectivity index (χ0v) is 10.5. The molecule has 0 bridgehead atoms. The van der Waals surface area contributed by atoms with E-state index in [9.17, 15) is 18.4 Å². The predicted molar refractivity (Wildman–Crippen MR) is 58.5 cm³/mol. The number of alkyl halides is 2. The fourth-order valence-corrected chi connectivity index (χ4v) is 1.81. The van der Waals surface area contributed by atoms with Gasteiger partial charge in [0.15, 0.2) is 0 Å². The molecule has 0 aliphatic carbocycles. The molecule has 0 aromatic carbocycles. The summed E-state index contributed by atoms with van der Waals surface area (Å²) < 4.78 is 30.2. The van der Waals surface area contributed by atoms with Gasteiger partial charge in [-0.3, -0.25) is 4.90 Å². The second kappa shape index (κ2) is 5.07. The number of amides is 1. The maximum Gasteiger partial charge on any atom is 0.411 e. The van der Waals surface area contributed by atoms with E-state index in [2.05, 4.69) is 0 Å². The Labute approximate surface area is 104 Å². The van der Waals surface area contributed by atoms with Gasteiger partial charge >= 0.3 is 12.1 Å². The van der Waals surface area contributed by atoms with Crippen LogP contribution < -0.4 is 0 Å². The SMILES string of the molecule is CC(C)(C)OC(=O)N1CC(C(F)F)CC1C(=O)O. The van der Waals surface area contributed by atoms with E-state index in [1.165, 1.54) is 0 Å². The number of carboxylic acids is 1. The van der Waals surface area contributed by atoms with E-state index in [1.807, 2.05) is 0 Å². The Kier molecular flexibility index (Phi) is 4.13. The molecule has 18 heavy (non-hydrogen) atoms. The van der Waals surface area contributed by atoms with E-state index in [1.54, 1.807) is 20.8 Å². The molecule has 104 valence electrons. The molecular formula is C11H17F2NO4. The highest BCUT2D eigenvalue weighted by Crippen LogP contribution is 2.29. The normalized spacial score (nSPS) is 24.4. The van der Waals surface area contributed by atoms with Gasteiger partial charge in [0.2, 0.25) is 6.43 Å². The van der Waals surface area contributed by atoms with Crippen molar-refractivity contribution in [1.29, 1.82) is 0 Å². The molecule has 1 heterocycles. The molecule has 7 heteroatoms. The number of rotatable bonds is 2. The number of carbonyl (C=O) groups excluding carboxylic acids is 1. The average molecular weight is 265 g/mol. The Hall–Kier alpha value is -1.40. The number of carboxylic acid groups (broad SMARTS) is 1. The summed E-state index contributed by atoms with van der Waals surface area (Å²) in [5.74, 6) is -2.40. The van der Waals surface area contributed by atoms with Gasteiger partial charge in [0.25, 0.3) is 0 Å². The van der Waals surface area contributed by atoms with Crippen LogP contribution >= 0.6 is 0 Å². The topological polar surface area (TPSA) is 66.8 Å². The van der Waals surface area contributed by atoms with Crippen molar-refractivity contribution in [2.24, 2.45) is 5.92 Å². The molecule has 2 unspecified atom stereocenters. The van der Waals surface area contributed by atoms with Crippen LogP contribution in [0.3, 0.4) is 0 Å². The van der Waals surface area contributed by atoms with Gasteiger partial charge in [0.05, 0.1) is 0 Å². The summed E-state index contributed by atoms with van der Waals surface area (Å²) in [5.41, 5.74) is -0.789. The van der Waals surface area contributed by atoms with Crippen molar-refractivity contribution >= 4 is 12.1 Å². The zero-order chi connectivity index (χ0) is 14.1. The van der Waals surface area contributed by atoms with Gasteiger partial charge in [-0.15, -0.1) is 0 Å². The maximum absolute atomic E-state index is 12.6. The molecule has 2 atom stereocenters. The Morgan fingerprint density at radius 1 is 1.39 bits per heavy atom. The van der Waals surface area contributed by atoms with Crippen molar-refractivity contribution in [3.8, 4) is 0 Å². The first-order chi connectivity index (χ1) is 8.11. The molecule has 0 aromatic heterocycles. The lowest BCUT2D eigenvalue weighted by atomic mass is 10.1. The molecular weight excluding hydrogens is 248 g/mol. The summed E-state index contributed by atoms with van der Waals surface area (Å²) in [4.78, 5) is 23.6. The standard InChI is InChI=1S/C11H17F2NO4/c1-11(2,3)18-10(17)14-5-6(8(12)13)4-7(14)9(15)16/h6-8H,4-5H2,1-3H3,(H,15,16). The van der Waals surface area contributed by atoms with Crippen LogP contribution in [-0.2, 0) is 9.53 Å². The summed E-state index contributed by atoms with van der Waals surface area (Å²) in [6.07, 6.45) is -3.75. The van der Waals surface area contributed by atoms with Gasteiger partial charge in [-0.1, -0.05) is 0 Å². The molecule has 1 aliphatic rings. The lowest BCUT2D eigenvalue weighted by Gasteiger charge is -2.26. The van der Waals surface area contributed by atoms with Crippen molar-refractivity contribution in [3.05, 3.63) is 0 Å². The molecule has 0 radical (unpaired) electrons. The summed E-state index contributed by atoms with van der Waals surface area (Å²) in [7, 11) is 0. The van der Waals surface area contributed by atoms with Crippen molar-refractivity contribution in [2.75, 3.05) is 6.54 Å². The van der Waals surface area contributed by atoms with Crippen molar-refractivity contribution in [2.45, 2.75) is 45.3 Å². The van der Waals surface area contributed by atoms with E-state index in [-0.39, 0.29) is 13.0 Å². The van der Waals surface area contributed by atoms with Crippen LogP contribution in [0.15, 0.2) is 0 Å². The van der Waals surface area contributed by atoms with Crippen LogP contribution in [0.25, 0.3) is 0 Å². The average Bonchev–Trinajstić information content (AvgIpc) is 2.58. The summed E-state index contributed by atoms with van der Waals surface area (Å²) in [6.45, 7) is 4.59. The van der Waals surface area contributed by atoms with Crippen LogP contribution in [0.5, 0.6) is 0 Å². The van der Waals surface area contributed by atoms with Crippen molar-refractivity contribution < 1.29 is 28.2 Å². The number of likely N-dealkylation sites (tertiary alicyclic amines) is 1. The van der Waals surface area contributed by atoms with Gasteiger partial charge in [0.1, 0.15) is 11.6 Å². The summed E-state index contributed by atoms with van der Waals surface area (Å²) in [6, 6.07) is -1.24. The lowest BCUT2D eigenvalue weighted by Crippen LogP contribution is -2.43. The fraction of sp³-hybridized carbons (Fsp3) is 0.818. The van der Waals surface area contributed by atoms with E-state index in [0.29, 0.717) is 0 Å². The van der Waals surface area contributed by atoms with Gasteiger partial charge < -0.3 is 9.84 Å². The largest absolute Gasteiger partial charge is 0.480 e. The van der Waals surface area contributed by atoms with Crippen LogP contribution in [0, 0.1) is 5.92 Å². The molecule has 5 nitrogen and oxygen atoms in total. The number of aliphatic carboxylic acids is 1. The minimum absolute atomic E-state index is 0.244. The van der Waals surface area contributed by atoms with Crippen LogP contribution in [-0.4, -0.2) is 46.7 Å². The number of ether oxygens (including phenoxy) is 1. The molecule has 1 N–H and O–H groups in total. The summed E-state index contributed by atoms with van der Waals surface area (Å²) >= 11 is 0. The van der Waals surface area contributed by atoms with Crippen LogP contribution in [0.2, 0.25) is 0 Å². The highest BCUT2D eigenvalue weighted by molar-refractivity contribution is 5.81. The second-order valence-corrected chi connectivity index (χ2v) is 5.32. The number of carbonyl (C=O) groups is 2. The first-order valence-electron chi connectivity index (χ1n) is 5.62. The van der Waals surface area contributed by atoms with Crippen molar-refractivity contribution in [1.82, 2.24) is 4.90 Å². The van der Waals surface area contributed by atoms with E-state index >= 15 is 0 Å². The maximum atomic E-state index is 12.6. The molecule has 0 saturated carbocycles. The monoisotopic (exact) mass is 265 g/mol. The Morgan fingerprint density at radius 3 is 2.33 bits per heavy atom.